The van der Waals surface area contributed by atoms with E-state index in [0.717, 1.165) is 36.6 Å². The Morgan fingerprint density at radius 1 is 1.56 bits per heavy atom. The van der Waals surface area contributed by atoms with Gasteiger partial charge in [-0.25, -0.2) is 4.39 Å². The lowest BCUT2D eigenvalue weighted by atomic mass is 10.1. The maximum Gasteiger partial charge on any atom is 0.123 e. The van der Waals surface area contributed by atoms with Crippen molar-refractivity contribution in [3.8, 4) is 5.75 Å². The molecule has 1 heterocycles. The van der Waals surface area contributed by atoms with E-state index in [9.17, 15) is 4.39 Å². The zero-order valence-corrected chi connectivity index (χ0v) is 10.1. The molecule has 0 amide bonds. The van der Waals surface area contributed by atoms with Gasteiger partial charge in [-0.15, -0.1) is 0 Å². The fourth-order valence-electron chi connectivity index (χ4n) is 1.84. The van der Waals surface area contributed by atoms with Crippen LogP contribution in [0.15, 0.2) is 18.2 Å². The molecular weight excluding hydrogens is 225 g/mol. The molecule has 2 rings (SSSR count). The van der Waals surface area contributed by atoms with Gasteiger partial charge < -0.3 is 10.1 Å². The number of nitrogens with one attached hydrogen (secondary N) is 1. The summed E-state index contributed by atoms with van der Waals surface area (Å²) in [5.41, 5.74) is 0.983. The third-order valence-electron chi connectivity index (χ3n) is 2.62. The first-order valence-corrected chi connectivity index (χ1v) is 6.83. The van der Waals surface area contributed by atoms with Gasteiger partial charge in [0.2, 0.25) is 0 Å². The lowest BCUT2D eigenvalue weighted by Gasteiger charge is -2.11. The molecule has 4 heteroatoms. The van der Waals surface area contributed by atoms with Crippen molar-refractivity contribution in [2.75, 3.05) is 25.1 Å². The molecule has 16 heavy (non-hydrogen) atoms. The zero-order valence-electron chi connectivity index (χ0n) is 9.33. The summed E-state index contributed by atoms with van der Waals surface area (Å²) in [7, 11) is 0. The molecular formula is C12H16FNOS. The highest BCUT2D eigenvalue weighted by atomic mass is 32.2. The van der Waals surface area contributed by atoms with Crippen LogP contribution in [0, 0.1) is 5.82 Å². The van der Waals surface area contributed by atoms with Crippen LogP contribution in [0.25, 0.3) is 0 Å². The molecule has 1 N–H and O–H groups in total. The number of hydrogen-bond acceptors (Lipinski definition) is 3. The first-order chi connectivity index (χ1) is 7.79. The predicted molar refractivity (Wildman–Crippen MR) is 65.8 cm³/mol. The van der Waals surface area contributed by atoms with Crippen molar-refractivity contribution in [1.82, 2.24) is 5.32 Å². The summed E-state index contributed by atoms with van der Waals surface area (Å²) in [6.45, 7) is 1.82. The van der Waals surface area contributed by atoms with E-state index in [1.54, 1.807) is 12.1 Å². The maximum absolute atomic E-state index is 13.0. The third-order valence-corrected chi connectivity index (χ3v) is 3.23. The Labute approximate surface area is 99.6 Å². The summed E-state index contributed by atoms with van der Waals surface area (Å²) < 4.78 is 18.7. The van der Waals surface area contributed by atoms with Crippen LogP contribution >= 0.6 is 11.8 Å². The molecule has 0 aromatic heterocycles. The molecule has 0 saturated heterocycles. The van der Waals surface area contributed by atoms with Crippen LogP contribution in [0.5, 0.6) is 5.75 Å². The Morgan fingerprint density at radius 2 is 2.44 bits per heavy atom. The van der Waals surface area contributed by atoms with Crippen molar-refractivity contribution >= 4 is 11.8 Å². The topological polar surface area (TPSA) is 21.3 Å². The van der Waals surface area contributed by atoms with Gasteiger partial charge in [-0.3, -0.25) is 0 Å². The van der Waals surface area contributed by atoms with Gasteiger partial charge in [0.15, 0.2) is 0 Å². The minimum atomic E-state index is -0.182. The van der Waals surface area contributed by atoms with E-state index in [1.165, 1.54) is 6.07 Å². The average Bonchev–Trinajstić information content (AvgIpc) is 2.66. The number of fused-ring (bicyclic) bond motifs is 1. The first kappa shape index (κ1) is 11.7. The average molecular weight is 241 g/mol. The highest BCUT2D eigenvalue weighted by Gasteiger charge is 2.22. The molecule has 0 fully saturated rings. The maximum atomic E-state index is 13.0. The van der Waals surface area contributed by atoms with Crippen LogP contribution in [0.1, 0.15) is 5.56 Å². The number of halogens is 1. The van der Waals surface area contributed by atoms with Crippen LogP contribution in [0.2, 0.25) is 0 Å². The second-order valence-electron chi connectivity index (χ2n) is 3.89. The summed E-state index contributed by atoms with van der Waals surface area (Å²) in [5.74, 6) is 1.75. The van der Waals surface area contributed by atoms with Gasteiger partial charge in [-0.1, -0.05) is 0 Å². The van der Waals surface area contributed by atoms with E-state index in [2.05, 4.69) is 11.6 Å². The molecule has 0 bridgehead atoms. The molecule has 0 aliphatic carbocycles. The van der Waals surface area contributed by atoms with Crippen molar-refractivity contribution in [3.63, 3.8) is 0 Å². The molecule has 1 aromatic carbocycles. The molecule has 1 unspecified atom stereocenters. The molecule has 2 nitrogen and oxygen atoms in total. The van der Waals surface area contributed by atoms with E-state index in [1.807, 2.05) is 11.8 Å². The minimum absolute atomic E-state index is 0.152. The molecule has 0 spiro atoms. The zero-order chi connectivity index (χ0) is 11.4. The lowest BCUT2D eigenvalue weighted by molar-refractivity contribution is 0.229. The number of ether oxygens (including phenoxy) is 1. The normalized spacial score (nSPS) is 18.2. The number of hydrogen-bond donors (Lipinski definition) is 1. The van der Waals surface area contributed by atoms with Gasteiger partial charge in [-0.2, -0.15) is 11.8 Å². The van der Waals surface area contributed by atoms with Crippen molar-refractivity contribution in [3.05, 3.63) is 29.6 Å². The summed E-state index contributed by atoms with van der Waals surface area (Å²) in [4.78, 5) is 0. The summed E-state index contributed by atoms with van der Waals surface area (Å²) >= 11 is 1.82. The number of benzene rings is 1. The first-order valence-electron chi connectivity index (χ1n) is 5.44. The second kappa shape index (κ2) is 5.55. The van der Waals surface area contributed by atoms with Crippen molar-refractivity contribution in [1.29, 1.82) is 0 Å². The van der Waals surface area contributed by atoms with Gasteiger partial charge in [0.1, 0.15) is 17.7 Å². The molecule has 0 saturated carbocycles. The Kier molecular flexibility index (Phi) is 4.07. The second-order valence-corrected chi connectivity index (χ2v) is 4.88. The third kappa shape index (κ3) is 2.89. The molecule has 1 aromatic rings. The summed E-state index contributed by atoms with van der Waals surface area (Å²) in [6.07, 6.45) is 3.05. The van der Waals surface area contributed by atoms with E-state index in [4.69, 9.17) is 4.74 Å². The Balaban J connectivity index is 1.81. The summed E-state index contributed by atoms with van der Waals surface area (Å²) in [5, 5.41) is 3.34. The van der Waals surface area contributed by atoms with Gasteiger partial charge in [0.05, 0.1) is 0 Å². The van der Waals surface area contributed by atoms with E-state index in [0.29, 0.717) is 0 Å². The molecule has 0 radical (unpaired) electrons. The largest absolute Gasteiger partial charge is 0.488 e. The quantitative estimate of drug-likeness (QED) is 0.798. The molecule has 1 aliphatic rings. The van der Waals surface area contributed by atoms with E-state index < -0.39 is 0 Å². The molecule has 88 valence electrons. The van der Waals surface area contributed by atoms with Crippen molar-refractivity contribution in [2.45, 2.75) is 12.5 Å². The highest BCUT2D eigenvalue weighted by molar-refractivity contribution is 7.98. The van der Waals surface area contributed by atoms with E-state index in [-0.39, 0.29) is 11.9 Å². The van der Waals surface area contributed by atoms with Crippen LogP contribution in [-0.2, 0) is 6.42 Å². The standard InChI is InChI=1S/C12H16FNOS/c1-16-5-4-14-8-11-7-9-6-10(13)2-3-12(9)15-11/h2-3,6,11,14H,4-5,7-8H2,1H3. The SMILES string of the molecule is CSCCNCC1Cc2cc(F)ccc2O1. The van der Waals surface area contributed by atoms with Crippen molar-refractivity contribution < 1.29 is 9.13 Å². The van der Waals surface area contributed by atoms with Crippen molar-refractivity contribution in [2.24, 2.45) is 0 Å². The minimum Gasteiger partial charge on any atom is -0.488 e. The lowest BCUT2D eigenvalue weighted by Crippen LogP contribution is -2.31. The van der Waals surface area contributed by atoms with Crippen LogP contribution in [0.3, 0.4) is 0 Å². The van der Waals surface area contributed by atoms with Gasteiger partial charge in [0.25, 0.3) is 0 Å². The number of thioether (sulfide) groups is 1. The highest BCUT2D eigenvalue weighted by Crippen LogP contribution is 2.28. The van der Waals surface area contributed by atoms with E-state index >= 15 is 0 Å². The fourth-order valence-corrected chi connectivity index (χ4v) is 2.19. The Morgan fingerprint density at radius 3 is 3.25 bits per heavy atom. The van der Waals surface area contributed by atoms with Crippen LogP contribution in [-0.4, -0.2) is 31.2 Å². The van der Waals surface area contributed by atoms with Gasteiger partial charge in [0, 0.05) is 30.8 Å². The predicted octanol–water partition coefficient (Wildman–Crippen LogP) is 2.08. The Hall–Kier alpha value is -0.740. The molecule has 1 aliphatic heterocycles. The Bertz CT molecular complexity index is 359. The fraction of sp³-hybridized carbons (Fsp3) is 0.500. The van der Waals surface area contributed by atoms with Crippen LogP contribution in [0.4, 0.5) is 4.39 Å². The summed E-state index contributed by atoms with van der Waals surface area (Å²) in [6, 6.07) is 4.73. The number of rotatable bonds is 5. The monoisotopic (exact) mass is 241 g/mol. The molecule has 1 atom stereocenters. The smallest absolute Gasteiger partial charge is 0.123 e. The van der Waals surface area contributed by atoms with Gasteiger partial charge in [-0.05, 0) is 24.5 Å². The van der Waals surface area contributed by atoms with Gasteiger partial charge >= 0.3 is 0 Å². The van der Waals surface area contributed by atoms with Crippen LogP contribution < -0.4 is 10.1 Å².